The number of Topliss-reactive ketones (excluding diaryl/α,β-unsaturated/α-hetero) is 1. The summed E-state index contributed by atoms with van der Waals surface area (Å²) < 4.78 is 0. The van der Waals surface area contributed by atoms with Crippen LogP contribution in [-0.2, 0) is 6.42 Å². The van der Waals surface area contributed by atoms with Gasteiger partial charge in [-0.25, -0.2) is 0 Å². The van der Waals surface area contributed by atoms with Gasteiger partial charge in [-0.15, -0.1) is 0 Å². The van der Waals surface area contributed by atoms with E-state index in [9.17, 15) is 4.79 Å². The zero-order chi connectivity index (χ0) is 14.7. The van der Waals surface area contributed by atoms with Crippen LogP contribution in [0.5, 0.6) is 0 Å². The molecule has 0 unspecified atom stereocenters. The van der Waals surface area contributed by atoms with Gasteiger partial charge >= 0.3 is 0 Å². The molecule has 0 spiro atoms. The minimum Gasteiger partial charge on any atom is -0.354 e. The number of benzene rings is 3. The summed E-state index contributed by atoms with van der Waals surface area (Å²) in [4.78, 5) is 12.7. The van der Waals surface area contributed by atoms with Crippen LogP contribution in [0.2, 0.25) is 0 Å². The fourth-order valence-electron chi connectivity index (χ4n) is 3.60. The number of nitrogens with one attached hydrogen (secondary N) is 1. The van der Waals surface area contributed by atoms with Crippen LogP contribution in [0.1, 0.15) is 21.5 Å². The van der Waals surface area contributed by atoms with E-state index in [2.05, 4.69) is 35.6 Å². The van der Waals surface area contributed by atoms with Gasteiger partial charge in [-0.05, 0) is 22.4 Å². The van der Waals surface area contributed by atoms with Gasteiger partial charge < -0.3 is 5.32 Å². The summed E-state index contributed by atoms with van der Waals surface area (Å²) in [5.41, 5.74) is 6.06. The van der Waals surface area contributed by atoms with E-state index < -0.39 is 0 Å². The third-order valence-electron chi connectivity index (χ3n) is 4.67. The van der Waals surface area contributed by atoms with E-state index in [4.69, 9.17) is 0 Å². The van der Waals surface area contributed by atoms with Gasteiger partial charge in [0.05, 0.1) is 5.70 Å². The molecule has 0 saturated carbocycles. The van der Waals surface area contributed by atoms with Gasteiger partial charge in [-0.3, -0.25) is 4.79 Å². The smallest absolute Gasteiger partial charge is 0.192 e. The van der Waals surface area contributed by atoms with Crippen molar-refractivity contribution in [1.29, 1.82) is 0 Å². The van der Waals surface area contributed by atoms with Gasteiger partial charge in [0.15, 0.2) is 5.78 Å². The molecule has 0 fully saturated rings. The van der Waals surface area contributed by atoms with Crippen molar-refractivity contribution >= 4 is 27.9 Å². The molecule has 0 bridgehead atoms. The molecular weight excluding hydrogens is 270 g/mol. The van der Waals surface area contributed by atoms with Gasteiger partial charge in [-0.1, -0.05) is 54.6 Å². The van der Waals surface area contributed by atoms with Gasteiger partial charge in [0.25, 0.3) is 0 Å². The van der Waals surface area contributed by atoms with E-state index in [-0.39, 0.29) is 5.78 Å². The van der Waals surface area contributed by atoms with Gasteiger partial charge in [0.2, 0.25) is 0 Å². The number of ketones is 1. The maximum atomic E-state index is 12.7. The molecule has 1 aliphatic heterocycles. The summed E-state index contributed by atoms with van der Waals surface area (Å²) in [6.45, 7) is 0. The second kappa shape index (κ2) is 4.08. The fraction of sp³-hybridized carbons (Fsp3) is 0.0500. The number of hydrogen-bond donors (Lipinski definition) is 1. The van der Waals surface area contributed by atoms with E-state index in [1.165, 1.54) is 16.3 Å². The van der Waals surface area contributed by atoms with Crippen molar-refractivity contribution in [1.82, 2.24) is 0 Å². The minimum absolute atomic E-state index is 0.164. The zero-order valence-corrected chi connectivity index (χ0v) is 11.9. The molecule has 0 atom stereocenters. The van der Waals surface area contributed by atoms with E-state index in [1.54, 1.807) is 0 Å². The minimum atomic E-state index is 0.164. The van der Waals surface area contributed by atoms with Crippen molar-refractivity contribution in [3.8, 4) is 0 Å². The summed E-state index contributed by atoms with van der Waals surface area (Å²) in [7, 11) is 0. The zero-order valence-electron chi connectivity index (χ0n) is 11.9. The molecule has 1 heterocycles. The predicted octanol–water partition coefficient (Wildman–Crippen LogP) is 4.42. The standard InChI is InChI=1S/C20H13NO/c22-20-15-8-4-3-7-14(15)19-17(20)11-16-13-6-2-1-5-12(13)9-10-18(16)21-19/h1-10,21H,11H2. The monoisotopic (exact) mass is 283 g/mol. The molecule has 2 aliphatic rings. The summed E-state index contributed by atoms with van der Waals surface area (Å²) in [6, 6.07) is 20.5. The van der Waals surface area contributed by atoms with E-state index in [0.717, 1.165) is 28.1 Å². The Labute approximate surface area is 128 Å². The normalized spacial score (nSPS) is 15.4. The Morgan fingerprint density at radius 2 is 1.59 bits per heavy atom. The number of anilines is 1. The molecule has 0 radical (unpaired) electrons. The summed E-state index contributed by atoms with van der Waals surface area (Å²) in [6.07, 6.45) is 0.701. The van der Waals surface area contributed by atoms with Crippen molar-refractivity contribution < 1.29 is 4.79 Å². The summed E-state index contributed by atoms with van der Waals surface area (Å²) in [5.74, 6) is 0.164. The van der Waals surface area contributed by atoms with E-state index >= 15 is 0 Å². The predicted molar refractivity (Wildman–Crippen MR) is 89.0 cm³/mol. The van der Waals surface area contributed by atoms with Crippen molar-refractivity contribution in [3.63, 3.8) is 0 Å². The van der Waals surface area contributed by atoms with Crippen LogP contribution in [0.3, 0.4) is 0 Å². The summed E-state index contributed by atoms with van der Waals surface area (Å²) in [5, 5.41) is 5.94. The number of fused-ring (bicyclic) bond motifs is 5. The quantitative estimate of drug-likeness (QED) is 0.662. The number of rotatable bonds is 0. The number of carbonyl (C=O) groups excluding carboxylic acids is 1. The first-order chi connectivity index (χ1) is 10.8. The van der Waals surface area contributed by atoms with E-state index in [1.807, 2.05) is 30.3 Å². The Hall–Kier alpha value is -2.87. The molecule has 2 nitrogen and oxygen atoms in total. The van der Waals surface area contributed by atoms with Crippen LogP contribution >= 0.6 is 0 Å². The Morgan fingerprint density at radius 3 is 2.50 bits per heavy atom. The van der Waals surface area contributed by atoms with Gasteiger partial charge in [0.1, 0.15) is 0 Å². The lowest BCUT2D eigenvalue weighted by molar-refractivity contribution is 0.103. The van der Waals surface area contributed by atoms with Crippen molar-refractivity contribution in [3.05, 3.63) is 82.9 Å². The SMILES string of the molecule is O=C1C2=C(Nc3ccc4ccccc4c3C2)c2ccccc21. The molecule has 0 aromatic heterocycles. The first kappa shape index (κ1) is 11.8. The molecule has 0 saturated heterocycles. The molecule has 2 heteroatoms. The van der Waals surface area contributed by atoms with Crippen molar-refractivity contribution in [2.75, 3.05) is 5.32 Å². The highest BCUT2D eigenvalue weighted by molar-refractivity contribution is 6.23. The highest BCUT2D eigenvalue weighted by Crippen LogP contribution is 2.42. The average molecular weight is 283 g/mol. The molecule has 104 valence electrons. The van der Waals surface area contributed by atoms with Crippen molar-refractivity contribution in [2.45, 2.75) is 6.42 Å². The third-order valence-corrected chi connectivity index (χ3v) is 4.67. The lowest BCUT2D eigenvalue weighted by Gasteiger charge is -2.22. The molecule has 5 rings (SSSR count). The lowest BCUT2D eigenvalue weighted by atomic mass is 9.92. The second-order valence-corrected chi connectivity index (χ2v) is 5.84. The molecule has 3 aromatic carbocycles. The van der Waals surface area contributed by atoms with E-state index in [0.29, 0.717) is 6.42 Å². The largest absolute Gasteiger partial charge is 0.354 e. The van der Waals surface area contributed by atoms with Crippen LogP contribution in [0.4, 0.5) is 5.69 Å². The highest BCUT2D eigenvalue weighted by Gasteiger charge is 2.33. The first-order valence-corrected chi connectivity index (χ1v) is 7.48. The third kappa shape index (κ3) is 1.41. The maximum Gasteiger partial charge on any atom is 0.192 e. The van der Waals surface area contributed by atoms with Gasteiger partial charge in [-0.2, -0.15) is 0 Å². The fourth-order valence-corrected chi connectivity index (χ4v) is 3.60. The average Bonchev–Trinajstić information content (AvgIpc) is 2.86. The number of hydrogen-bond acceptors (Lipinski definition) is 2. The lowest BCUT2D eigenvalue weighted by Crippen LogP contribution is -2.12. The van der Waals surface area contributed by atoms with Crippen LogP contribution < -0.4 is 5.32 Å². The first-order valence-electron chi connectivity index (χ1n) is 7.48. The van der Waals surface area contributed by atoms with Crippen LogP contribution in [0.15, 0.2) is 66.2 Å². The Morgan fingerprint density at radius 1 is 0.818 bits per heavy atom. The molecule has 1 aliphatic carbocycles. The second-order valence-electron chi connectivity index (χ2n) is 5.84. The van der Waals surface area contributed by atoms with Gasteiger partial charge in [0, 0.05) is 28.8 Å². The molecule has 3 aromatic rings. The highest BCUT2D eigenvalue weighted by atomic mass is 16.1. The summed E-state index contributed by atoms with van der Waals surface area (Å²) >= 11 is 0. The number of carbonyl (C=O) groups is 1. The molecular formula is C20H13NO. The molecule has 0 amide bonds. The van der Waals surface area contributed by atoms with Crippen LogP contribution in [0, 0.1) is 0 Å². The topological polar surface area (TPSA) is 29.1 Å². The molecule has 1 N–H and O–H groups in total. The van der Waals surface area contributed by atoms with Crippen molar-refractivity contribution in [2.24, 2.45) is 0 Å². The van der Waals surface area contributed by atoms with Crippen LogP contribution in [0.25, 0.3) is 16.5 Å². The Balaban J connectivity index is 1.74. The number of allylic oxidation sites excluding steroid dienone is 1. The maximum absolute atomic E-state index is 12.7. The van der Waals surface area contributed by atoms with Crippen LogP contribution in [-0.4, -0.2) is 5.78 Å². The Bertz CT molecular complexity index is 998. The Kier molecular flexibility index (Phi) is 2.18. The molecule has 22 heavy (non-hydrogen) atoms.